The Morgan fingerprint density at radius 1 is 1.50 bits per heavy atom. The number of likely N-dealkylation sites (N-methyl/N-ethyl adjacent to an activating group) is 1. The van der Waals surface area contributed by atoms with Crippen molar-refractivity contribution in [3.8, 4) is 5.75 Å². The number of hydrogen-bond donors (Lipinski definition) is 2. The first kappa shape index (κ1) is 14.8. The van der Waals surface area contributed by atoms with E-state index in [2.05, 4.69) is 21.6 Å². The Bertz CT molecular complexity index is 450. The van der Waals surface area contributed by atoms with Gasteiger partial charge in [-0.25, -0.2) is 0 Å². The van der Waals surface area contributed by atoms with Crippen molar-refractivity contribution in [1.82, 2.24) is 15.5 Å². The lowest BCUT2D eigenvalue weighted by Crippen LogP contribution is -2.49. The van der Waals surface area contributed by atoms with E-state index in [1.807, 2.05) is 25.1 Å². The summed E-state index contributed by atoms with van der Waals surface area (Å²) in [6.45, 7) is 5.64. The summed E-state index contributed by atoms with van der Waals surface area (Å²) in [5.74, 6) is 0.955. The first-order chi connectivity index (χ1) is 9.76. The largest absolute Gasteiger partial charge is 0.496 e. The van der Waals surface area contributed by atoms with Crippen LogP contribution >= 0.6 is 0 Å². The van der Waals surface area contributed by atoms with E-state index < -0.39 is 0 Å². The van der Waals surface area contributed by atoms with E-state index in [1.165, 1.54) is 0 Å². The molecule has 1 aromatic rings. The third-order valence-corrected chi connectivity index (χ3v) is 3.57. The van der Waals surface area contributed by atoms with Crippen LogP contribution in [0.25, 0.3) is 0 Å². The van der Waals surface area contributed by atoms with Gasteiger partial charge in [-0.1, -0.05) is 18.2 Å². The fourth-order valence-electron chi connectivity index (χ4n) is 2.62. The number of amides is 1. The Labute approximate surface area is 120 Å². The van der Waals surface area contributed by atoms with Crippen LogP contribution in [0.3, 0.4) is 0 Å². The fraction of sp³-hybridized carbons (Fsp3) is 0.533. The number of methoxy groups -OCH3 is 1. The maximum Gasteiger partial charge on any atom is 0.234 e. The zero-order valence-corrected chi connectivity index (χ0v) is 12.2. The Hall–Kier alpha value is -1.59. The van der Waals surface area contributed by atoms with E-state index in [-0.39, 0.29) is 11.9 Å². The van der Waals surface area contributed by atoms with Gasteiger partial charge in [0.2, 0.25) is 5.91 Å². The van der Waals surface area contributed by atoms with Crippen LogP contribution in [0.2, 0.25) is 0 Å². The summed E-state index contributed by atoms with van der Waals surface area (Å²) in [6.07, 6.45) is 0. The highest BCUT2D eigenvalue weighted by molar-refractivity contribution is 5.78. The van der Waals surface area contributed by atoms with Gasteiger partial charge in [-0.3, -0.25) is 9.69 Å². The molecule has 20 heavy (non-hydrogen) atoms. The molecule has 0 bridgehead atoms. The number of carbonyl (C=O) groups excluding carboxylic acids is 1. The molecular weight excluding hydrogens is 254 g/mol. The van der Waals surface area contributed by atoms with Crippen molar-refractivity contribution in [2.45, 2.75) is 13.0 Å². The minimum absolute atomic E-state index is 0.0781. The van der Waals surface area contributed by atoms with Gasteiger partial charge in [0, 0.05) is 31.7 Å². The Morgan fingerprint density at radius 2 is 2.30 bits per heavy atom. The van der Waals surface area contributed by atoms with Gasteiger partial charge >= 0.3 is 0 Å². The van der Waals surface area contributed by atoms with E-state index in [9.17, 15) is 4.79 Å². The molecule has 1 aromatic carbocycles. The Kier molecular flexibility index (Phi) is 5.38. The van der Waals surface area contributed by atoms with Crippen LogP contribution in [-0.2, 0) is 4.79 Å². The first-order valence-electron chi connectivity index (χ1n) is 7.10. The van der Waals surface area contributed by atoms with E-state index in [0.717, 1.165) is 30.9 Å². The van der Waals surface area contributed by atoms with Crippen molar-refractivity contribution in [2.75, 3.05) is 39.8 Å². The second-order valence-electron chi connectivity index (χ2n) is 4.89. The summed E-state index contributed by atoms with van der Waals surface area (Å²) in [5, 5.41) is 6.25. The van der Waals surface area contributed by atoms with Crippen LogP contribution in [0.5, 0.6) is 5.75 Å². The Balaban J connectivity index is 2.15. The molecule has 2 rings (SSSR count). The van der Waals surface area contributed by atoms with E-state index >= 15 is 0 Å². The lowest BCUT2D eigenvalue weighted by atomic mass is 10.0. The minimum Gasteiger partial charge on any atom is -0.496 e. The minimum atomic E-state index is 0.0781. The van der Waals surface area contributed by atoms with Crippen LogP contribution in [0.1, 0.15) is 18.5 Å². The van der Waals surface area contributed by atoms with Crippen LogP contribution in [0.15, 0.2) is 24.3 Å². The summed E-state index contributed by atoms with van der Waals surface area (Å²) in [4.78, 5) is 14.0. The average Bonchev–Trinajstić information content (AvgIpc) is 2.48. The van der Waals surface area contributed by atoms with Gasteiger partial charge in [-0.15, -0.1) is 0 Å². The maximum atomic E-state index is 11.8. The van der Waals surface area contributed by atoms with Crippen LogP contribution in [0, 0.1) is 0 Å². The zero-order valence-electron chi connectivity index (χ0n) is 12.2. The molecular formula is C15H23N3O2. The molecule has 5 nitrogen and oxygen atoms in total. The highest BCUT2D eigenvalue weighted by atomic mass is 16.5. The van der Waals surface area contributed by atoms with Gasteiger partial charge in [0.25, 0.3) is 0 Å². The first-order valence-corrected chi connectivity index (χ1v) is 7.10. The molecule has 1 saturated heterocycles. The van der Waals surface area contributed by atoms with Crippen molar-refractivity contribution < 1.29 is 9.53 Å². The van der Waals surface area contributed by atoms with Crippen LogP contribution < -0.4 is 15.4 Å². The number of para-hydroxylation sites is 1. The predicted molar refractivity (Wildman–Crippen MR) is 78.9 cm³/mol. The predicted octanol–water partition coefficient (Wildman–Crippen LogP) is 0.778. The number of nitrogens with zero attached hydrogens (tertiary/aromatic N) is 1. The molecule has 0 spiro atoms. The van der Waals surface area contributed by atoms with Crippen LogP contribution in [0.4, 0.5) is 0 Å². The third-order valence-electron chi connectivity index (χ3n) is 3.57. The number of nitrogens with one attached hydrogen (secondary N) is 2. The fourth-order valence-corrected chi connectivity index (χ4v) is 2.62. The molecule has 0 radical (unpaired) electrons. The van der Waals surface area contributed by atoms with Crippen molar-refractivity contribution >= 4 is 5.91 Å². The molecule has 0 saturated carbocycles. The lowest BCUT2D eigenvalue weighted by Gasteiger charge is -2.36. The van der Waals surface area contributed by atoms with E-state index in [0.29, 0.717) is 13.1 Å². The average molecular weight is 277 g/mol. The number of carbonyl (C=O) groups is 1. The molecule has 1 unspecified atom stereocenters. The van der Waals surface area contributed by atoms with Crippen molar-refractivity contribution in [3.05, 3.63) is 29.8 Å². The summed E-state index contributed by atoms with van der Waals surface area (Å²) in [5.41, 5.74) is 1.13. The third kappa shape index (κ3) is 3.49. The smallest absolute Gasteiger partial charge is 0.234 e. The number of piperazine rings is 1. The molecule has 1 fully saturated rings. The standard InChI is InChI=1S/C15H23N3O2/c1-3-17-15(19)11-18-9-8-16-10-13(18)12-6-4-5-7-14(12)20-2/h4-7,13,16H,3,8-11H2,1-2H3,(H,17,19). The van der Waals surface area contributed by atoms with E-state index in [4.69, 9.17) is 4.74 Å². The summed E-state index contributed by atoms with van der Waals surface area (Å²) in [6, 6.07) is 8.18. The van der Waals surface area contributed by atoms with Gasteiger partial charge in [0.1, 0.15) is 5.75 Å². The zero-order chi connectivity index (χ0) is 14.4. The van der Waals surface area contributed by atoms with Crippen molar-refractivity contribution in [2.24, 2.45) is 0 Å². The van der Waals surface area contributed by atoms with Gasteiger partial charge < -0.3 is 15.4 Å². The SMILES string of the molecule is CCNC(=O)CN1CCNCC1c1ccccc1OC. The topological polar surface area (TPSA) is 53.6 Å². The molecule has 110 valence electrons. The molecule has 1 heterocycles. The number of benzene rings is 1. The molecule has 1 atom stereocenters. The summed E-state index contributed by atoms with van der Waals surface area (Å²) < 4.78 is 5.44. The maximum absolute atomic E-state index is 11.8. The van der Waals surface area contributed by atoms with Gasteiger partial charge in [-0.05, 0) is 13.0 Å². The van der Waals surface area contributed by atoms with Crippen molar-refractivity contribution in [1.29, 1.82) is 0 Å². The normalized spacial score (nSPS) is 19.6. The second kappa shape index (κ2) is 7.26. The summed E-state index contributed by atoms with van der Waals surface area (Å²) >= 11 is 0. The molecule has 0 aromatic heterocycles. The highest BCUT2D eigenvalue weighted by Gasteiger charge is 2.27. The van der Waals surface area contributed by atoms with Crippen LogP contribution in [-0.4, -0.2) is 50.6 Å². The number of ether oxygens (including phenoxy) is 1. The van der Waals surface area contributed by atoms with E-state index in [1.54, 1.807) is 7.11 Å². The molecule has 1 aliphatic rings. The molecule has 1 aliphatic heterocycles. The lowest BCUT2D eigenvalue weighted by molar-refractivity contribution is -0.122. The highest BCUT2D eigenvalue weighted by Crippen LogP contribution is 2.29. The quantitative estimate of drug-likeness (QED) is 0.835. The van der Waals surface area contributed by atoms with Gasteiger partial charge in [0.05, 0.1) is 19.7 Å². The van der Waals surface area contributed by atoms with Gasteiger partial charge in [-0.2, -0.15) is 0 Å². The molecule has 1 amide bonds. The molecule has 0 aliphatic carbocycles. The molecule has 2 N–H and O–H groups in total. The molecule has 5 heteroatoms. The second-order valence-corrected chi connectivity index (χ2v) is 4.89. The number of rotatable bonds is 5. The van der Waals surface area contributed by atoms with Gasteiger partial charge in [0.15, 0.2) is 0 Å². The van der Waals surface area contributed by atoms with Crippen molar-refractivity contribution in [3.63, 3.8) is 0 Å². The number of hydrogen-bond acceptors (Lipinski definition) is 4. The summed E-state index contributed by atoms with van der Waals surface area (Å²) in [7, 11) is 1.68. The Morgan fingerprint density at radius 3 is 3.05 bits per heavy atom. The monoisotopic (exact) mass is 277 g/mol.